The molecule has 3 N–H and O–H groups in total. The van der Waals surface area contributed by atoms with Gasteiger partial charge in [0.2, 0.25) is 0 Å². The van der Waals surface area contributed by atoms with E-state index in [-0.39, 0.29) is 12.2 Å². The molecule has 0 unspecified atom stereocenters. The fraction of sp³-hybridized carbons (Fsp3) is 0.231. The number of pyridine rings is 1. The van der Waals surface area contributed by atoms with Gasteiger partial charge in [-0.1, -0.05) is 11.6 Å². The van der Waals surface area contributed by atoms with Crippen LogP contribution in [0.1, 0.15) is 17.3 Å². The number of rotatable bonds is 4. The van der Waals surface area contributed by atoms with E-state index in [2.05, 4.69) is 10.4 Å². The molecule has 0 spiro atoms. The predicted octanol–water partition coefficient (Wildman–Crippen LogP) is 2.36. The first-order valence-corrected chi connectivity index (χ1v) is 6.30. The first-order chi connectivity index (χ1) is 9.62. The van der Waals surface area contributed by atoms with Crippen LogP contribution in [-0.2, 0) is 4.74 Å². The highest BCUT2D eigenvalue weighted by Gasteiger charge is 2.17. The van der Waals surface area contributed by atoms with E-state index in [9.17, 15) is 4.79 Å². The van der Waals surface area contributed by atoms with Gasteiger partial charge in [0.25, 0.3) is 0 Å². The fourth-order valence-electron chi connectivity index (χ4n) is 1.87. The highest BCUT2D eigenvalue weighted by Crippen LogP contribution is 2.34. The summed E-state index contributed by atoms with van der Waals surface area (Å²) in [5, 5.41) is 1.02. The molecule has 7 heteroatoms. The van der Waals surface area contributed by atoms with Crippen molar-refractivity contribution in [3.8, 4) is 5.75 Å². The summed E-state index contributed by atoms with van der Waals surface area (Å²) in [7, 11) is 1.52. The summed E-state index contributed by atoms with van der Waals surface area (Å²) >= 11 is 6.09. The van der Waals surface area contributed by atoms with Crippen molar-refractivity contribution in [2.75, 3.05) is 19.1 Å². The number of esters is 1. The number of hydrogen-bond acceptors (Lipinski definition) is 6. The number of hydrazine groups is 1. The van der Waals surface area contributed by atoms with Crippen LogP contribution in [0.2, 0.25) is 5.02 Å². The van der Waals surface area contributed by atoms with Gasteiger partial charge >= 0.3 is 5.97 Å². The largest absolute Gasteiger partial charge is 0.495 e. The summed E-state index contributed by atoms with van der Waals surface area (Å²) < 4.78 is 10.1. The van der Waals surface area contributed by atoms with Crippen LogP contribution in [0, 0.1) is 0 Å². The smallest absolute Gasteiger partial charge is 0.341 e. The average Bonchev–Trinajstić information content (AvgIpc) is 2.45. The van der Waals surface area contributed by atoms with Crippen LogP contribution in [0.5, 0.6) is 5.75 Å². The molecule has 0 aliphatic heterocycles. The third-order valence-corrected chi connectivity index (χ3v) is 3.08. The van der Waals surface area contributed by atoms with E-state index in [0.29, 0.717) is 27.4 Å². The molecule has 0 bridgehead atoms. The second-order valence-electron chi connectivity index (χ2n) is 3.92. The van der Waals surface area contributed by atoms with Gasteiger partial charge in [0.05, 0.1) is 29.9 Å². The Labute approximate surface area is 120 Å². The van der Waals surface area contributed by atoms with Crippen molar-refractivity contribution in [2.24, 2.45) is 5.84 Å². The Hall–Kier alpha value is -2.05. The Morgan fingerprint density at radius 2 is 2.25 bits per heavy atom. The number of benzene rings is 1. The van der Waals surface area contributed by atoms with Gasteiger partial charge < -0.3 is 14.9 Å². The van der Waals surface area contributed by atoms with Crippen LogP contribution in [0.15, 0.2) is 18.3 Å². The molecule has 6 nitrogen and oxygen atoms in total. The quantitative estimate of drug-likeness (QED) is 0.511. The third kappa shape index (κ3) is 2.48. The normalized spacial score (nSPS) is 10.4. The zero-order valence-corrected chi connectivity index (χ0v) is 11.8. The number of carbonyl (C=O) groups is 1. The molecule has 2 aromatic rings. The highest BCUT2D eigenvalue weighted by atomic mass is 35.5. The van der Waals surface area contributed by atoms with Gasteiger partial charge in [0, 0.05) is 17.6 Å². The summed E-state index contributed by atoms with van der Waals surface area (Å²) in [6.45, 7) is 1.99. The Bertz CT molecular complexity index is 661. The molecule has 0 aliphatic carbocycles. The van der Waals surface area contributed by atoms with Crippen molar-refractivity contribution in [1.82, 2.24) is 4.98 Å². The standard InChI is InChI=1S/C13H14ClN3O3/c1-3-20-13(18)8-6-16-10-5-11(19-2)9(14)4-7(10)12(8)17-15/h4-6H,3,15H2,1-2H3,(H,16,17). The molecular formula is C13H14ClN3O3. The number of hydrogen-bond donors (Lipinski definition) is 2. The Morgan fingerprint density at radius 3 is 2.85 bits per heavy atom. The number of nitrogens with one attached hydrogen (secondary N) is 1. The van der Waals surface area contributed by atoms with Crippen molar-refractivity contribution in [1.29, 1.82) is 0 Å². The van der Waals surface area contributed by atoms with E-state index < -0.39 is 5.97 Å². The van der Waals surface area contributed by atoms with Gasteiger partial charge in [0.1, 0.15) is 11.3 Å². The molecule has 2 rings (SSSR count). The van der Waals surface area contributed by atoms with E-state index in [1.807, 2.05) is 0 Å². The van der Waals surface area contributed by atoms with Crippen molar-refractivity contribution in [3.63, 3.8) is 0 Å². The van der Waals surface area contributed by atoms with E-state index >= 15 is 0 Å². The predicted molar refractivity (Wildman–Crippen MR) is 77.1 cm³/mol. The maximum absolute atomic E-state index is 11.9. The van der Waals surface area contributed by atoms with E-state index in [4.69, 9.17) is 26.9 Å². The van der Waals surface area contributed by atoms with Gasteiger partial charge in [-0.3, -0.25) is 10.8 Å². The zero-order chi connectivity index (χ0) is 14.7. The van der Waals surface area contributed by atoms with E-state index in [1.54, 1.807) is 19.1 Å². The van der Waals surface area contributed by atoms with Gasteiger partial charge in [0.15, 0.2) is 0 Å². The van der Waals surface area contributed by atoms with E-state index in [1.165, 1.54) is 13.3 Å². The number of methoxy groups -OCH3 is 1. The lowest BCUT2D eigenvalue weighted by atomic mass is 10.1. The molecule has 0 aliphatic rings. The molecule has 0 fully saturated rings. The minimum atomic E-state index is -0.498. The number of ether oxygens (including phenoxy) is 2. The first-order valence-electron chi connectivity index (χ1n) is 5.92. The summed E-state index contributed by atoms with van der Waals surface area (Å²) in [5.74, 6) is 5.51. The van der Waals surface area contributed by atoms with Crippen LogP contribution in [0.4, 0.5) is 5.69 Å². The van der Waals surface area contributed by atoms with Gasteiger partial charge in [-0.15, -0.1) is 0 Å². The Kier molecular flexibility index (Phi) is 4.26. The van der Waals surface area contributed by atoms with Gasteiger partial charge in [-0.25, -0.2) is 4.79 Å². The number of aromatic nitrogens is 1. The number of nitrogens with zero attached hydrogens (tertiary/aromatic N) is 1. The summed E-state index contributed by atoms with van der Waals surface area (Å²) in [4.78, 5) is 16.1. The molecule has 106 valence electrons. The molecule has 1 aromatic heterocycles. The fourth-order valence-corrected chi connectivity index (χ4v) is 2.11. The van der Waals surface area contributed by atoms with Crippen molar-refractivity contribution < 1.29 is 14.3 Å². The molecule has 20 heavy (non-hydrogen) atoms. The number of nitrogens with two attached hydrogens (primary N) is 1. The number of fused-ring (bicyclic) bond motifs is 1. The molecule has 1 heterocycles. The molecule has 0 radical (unpaired) electrons. The number of anilines is 1. The first kappa shape index (κ1) is 14.4. The lowest BCUT2D eigenvalue weighted by Gasteiger charge is -2.12. The topological polar surface area (TPSA) is 86.5 Å². The summed E-state index contributed by atoms with van der Waals surface area (Å²) in [6.07, 6.45) is 1.41. The van der Waals surface area contributed by atoms with E-state index in [0.717, 1.165) is 0 Å². The van der Waals surface area contributed by atoms with Crippen LogP contribution in [-0.4, -0.2) is 24.7 Å². The molecular weight excluding hydrogens is 282 g/mol. The summed E-state index contributed by atoms with van der Waals surface area (Å²) in [6, 6.07) is 3.31. The molecule has 0 saturated heterocycles. The number of carbonyl (C=O) groups excluding carboxylic acids is 1. The molecule has 1 aromatic carbocycles. The Morgan fingerprint density at radius 1 is 1.50 bits per heavy atom. The Balaban J connectivity index is 2.67. The SMILES string of the molecule is CCOC(=O)c1cnc2cc(OC)c(Cl)cc2c1NN. The second kappa shape index (κ2) is 5.94. The second-order valence-corrected chi connectivity index (χ2v) is 4.32. The van der Waals surface area contributed by atoms with Gasteiger partial charge in [-0.05, 0) is 13.0 Å². The van der Waals surface area contributed by atoms with Crippen molar-refractivity contribution in [3.05, 3.63) is 28.9 Å². The zero-order valence-electron chi connectivity index (χ0n) is 11.1. The minimum absolute atomic E-state index is 0.253. The van der Waals surface area contributed by atoms with Crippen LogP contribution >= 0.6 is 11.6 Å². The maximum Gasteiger partial charge on any atom is 0.341 e. The molecule has 0 amide bonds. The number of nitrogen functional groups attached to an aromatic ring is 1. The lowest BCUT2D eigenvalue weighted by Crippen LogP contribution is -2.15. The monoisotopic (exact) mass is 295 g/mol. The van der Waals surface area contributed by atoms with Crippen molar-refractivity contribution >= 4 is 34.2 Å². The number of halogens is 1. The summed E-state index contributed by atoms with van der Waals surface area (Å²) in [5.41, 5.74) is 3.77. The van der Waals surface area contributed by atoms with Crippen molar-refractivity contribution in [2.45, 2.75) is 6.92 Å². The van der Waals surface area contributed by atoms with Crippen LogP contribution < -0.4 is 16.0 Å². The molecule has 0 atom stereocenters. The van der Waals surface area contributed by atoms with Crippen LogP contribution in [0.3, 0.4) is 0 Å². The van der Waals surface area contributed by atoms with Gasteiger partial charge in [-0.2, -0.15) is 0 Å². The molecule has 0 saturated carbocycles. The maximum atomic E-state index is 11.9. The highest BCUT2D eigenvalue weighted by molar-refractivity contribution is 6.33. The lowest BCUT2D eigenvalue weighted by molar-refractivity contribution is 0.0527. The third-order valence-electron chi connectivity index (χ3n) is 2.78. The van der Waals surface area contributed by atoms with Crippen LogP contribution in [0.25, 0.3) is 10.9 Å². The average molecular weight is 296 g/mol. The minimum Gasteiger partial charge on any atom is -0.495 e.